The third-order valence-corrected chi connectivity index (χ3v) is 2.73. The predicted molar refractivity (Wildman–Crippen MR) is 71.6 cm³/mol. The lowest BCUT2D eigenvalue weighted by Crippen LogP contribution is -2.10. The second-order valence-corrected chi connectivity index (χ2v) is 5.34. The van der Waals surface area contributed by atoms with E-state index in [-0.39, 0.29) is 11.2 Å². The summed E-state index contributed by atoms with van der Waals surface area (Å²) in [6, 6.07) is 14.0. The summed E-state index contributed by atoms with van der Waals surface area (Å²) in [5, 5.41) is 0. The molecule has 18 heavy (non-hydrogen) atoms. The first-order valence-electron chi connectivity index (χ1n) is 5.99. The van der Waals surface area contributed by atoms with Crippen LogP contribution >= 0.6 is 0 Å². The number of halogens is 1. The van der Waals surface area contributed by atoms with Crippen molar-refractivity contribution in [3.8, 4) is 11.5 Å². The largest absolute Gasteiger partial charge is 0.457 e. The minimum atomic E-state index is -0.292. The summed E-state index contributed by atoms with van der Waals surface area (Å²) in [6.45, 7) is 6.44. The van der Waals surface area contributed by atoms with Gasteiger partial charge >= 0.3 is 0 Å². The molecule has 0 saturated heterocycles. The third kappa shape index (κ3) is 3.10. The van der Waals surface area contributed by atoms with Crippen molar-refractivity contribution in [3.05, 3.63) is 59.9 Å². The van der Waals surface area contributed by atoms with E-state index in [1.165, 1.54) is 17.7 Å². The molecule has 2 rings (SSSR count). The molecule has 0 unspecified atom stereocenters. The summed E-state index contributed by atoms with van der Waals surface area (Å²) in [4.78, 5) is 0. The number of benzene rings is 2. The van der Waals surface area contributed by atoms with E-state index in [1.807, 2.05) is 18.2 Å². The van der Waals surface area contributed by atoms with Crippen LogP contribution in [-0.4, -0.2) is 0 Å². The van der Waals surface area contributed by atoms with Crippen molar-refractivity contribution in [1.82, 2.24) is 0 Å². The summed E-state index contributed by atoms with van der Waals surface area (Å²) < 4.78 is 18.7. The average molecular weight is 244 g/mol. The fraction of sp³-hybridized carbons (Fsp3) is 0.250. The number of ether oxygens (including phenoxy) is 1. The maximum atomic E-state index is 13.1. The Morgan fingerprint density at radius 3 is 2.11 bits per heavy atom. The zero-order valence-electron chi connectivity index (χ0n) is 10.9. The molecule has 0 aliphatic carbocycles. The Morgan fingerprint density at radius 2 is 1.50 bits per heavy atom. The van der Waals surface area contributed by atoms with Crippen LogP contribution in [0.25, 0.3) is 0 Å². The molecule has 0 N–H and O–H groups in total. The highest BCUT2D eigenvalue weighted by Crippen LogP contribution is 2.28. The first-order chi connectivity index (χ1) is 8.45. The quantitative estimate of drug-likeness (QED) is 0.729. The van der Waals surface area contributed by atoms with Gasteiger partial charge in [0.25, 0.3) is 0 Å². The van der Waals surface area contributed by atoms with Gasteiger partial charge in [0.15, 0.2) is 0 Å². The predicted octanol–water partition coefficient (Wildman–Crippen LogP) is 4.92. The molecule has 0 bridgehead atoms. The highest BCUT2D eigenvalue weighted by atomic mass is 19.1. The Morgan fingerprint density at radius 1 is 0.889 bits per heavy atom. The highest BCUT2D eigenvalue weighted by Gasteiger charge is 2.14. The van der Waals surface area contributed by atoms with Crippen molar-refractivity contribution >= 4 is 0 Å². The number of rotatable bonds is 2. The smallest absolute Gasteiger partial charge is 0.130 e. The Balaban J connectivity index is 2.25. The van der Waals surface area contributed by atoms with Crippen LogP contribution in [0.4, 0.5) is 4.39 Å². The van der Waals surface area contributed by atoms with Crippen LogP contribution in [0.1, 0.15) is 26.3 Å². The van der Waals surface area contributed by atoms with Gasteiger partial charge in [-0.15, -0.1) is 0 Å². The van der Waals surface area contributed by atoms with E-state index in [4.69, 9.17) is 4.74 Å². The van der Waals surface area contributed by atoms with Crippen molar-refractivity contribution in [2.24, 2.45) is 0 Å². The van der Waals surface area contributed by atoms with E-state index in [1.54, 1.807) is 12.1 Å². The molecular formula is C16H17FO. The molecule has 0 aliphatic heterocycles. The Kier molecular flexibility index (Phi) is 3.37. The van der Waals surface area contributed by atoms with Gasteiger partial charge in [0.2, 0.25) is 0 Å². The van der Waals surface area contributed by atoms with Gasteiger partial charge in [-0.2, -0.15) is 0 Å². The molecule has 0 spiro atoms. The molecule has 0 fully saturated rings. The zero-order chi connectivity index (χ0) is 13.2. The molecule has 0 saturated carbocycles. The van der Waals surface area contributed by atoms with Crippen LogP contribution in [0.3, 0.4) is 0 Å². The van der Waals surface area contributed by atoms with E-state index in [9.17, 15) is 4.39 Å². The molecule has 2 aromatic rings. The lowest BCUT2D eigenvalue weighted by Gasteiger charge is -2.19. The first-order valence-corrected chi connectivity index (χ1v) is 5.99. The standard InChI is InChI=1S/C16H17FO/c1-16(2,3)12-6-4-8-14(10-12)18-15-9-5-7-13(17)11-15/h4-11H,1-3H3. The summed E-state index contributed by atoms with van der Waals surface area (Å²) in [5.74, 6) is 0.952. The topological polar surface area (TPSA) is 9.23 Å². The average Bonchev–Trinajstić information content (AvgIpc) is 2.28. The molecule has 0 atom stereocenters. The fourth-order valence-corrected chi connectivity index (χ4v) is 1.69. The van der Waals surface area contributed by atoms with Gasteiger partial charge in [-0.25, -0.2) is 4.39 Å². The molecule has 0 heterocycles. The molecule has 2 aromatic carbocycles. The van der Waals surface area contributed by atoms with Gasteiger partial charge < -0.3 is 4.74 Å². The Bertz CT molecular complexity index is 541. The van der Waals surface area contributed by atoms with Gasteiger partial charge in [0.1, 0.15) is 17.3 Å². The van der Waals surface area contributed by atoms with Gasteiger partial charge in [0, 0.05) is 6.07 Å². The van der Waals surface area contributed by atoms with Crippen LogP contribution < -0.4 is 4.74 Å². The number of hydrogen-bond acceptors (Lipinski definition) is 1. The second kappa shape index (κ2) is 4.81. The zero-order valence-corrected chi connectivity index (χ0v) is 10.9. The van der Waals surface area contributed by atoms with Crippen LogP contribution in [0.5, 0.6) is 11.5 Å². The van der Waals surface area contributed by atoms with Gasteiger partial charge in [0.05, 0.1) is 0 Å². The van der Waals surface area contributed by atoms with Crippen LogP contribution in [-0.2, 0) is 5.41 Å². The monoisotopic (exact) mass is 244 g/mol. The van der Waals surface area contributed by atoms with Crippen LogP contribution in [0, 0.1) is 5.82 Å². The van der Waals surface area contributed by atoms with Crippen molar-refractivity contribution in [3.63, 3.8) is 0 Å². The van der Waals surface area contributed by atoms with Crippen LogP contribution in [0.2, 0.25) is 0 Å². The first kappa shape index (κ1) is 12.6. The molecule has 0 amide bonds. The molecule has 0 aliphatic rings. The molecule has 2 heteroatoms. The molecular weight excluding hydrogens is 227 g/mol. The Labute approximate surface area is 107 Å². The van der Waals surface area contributed by atoms with Gasteiger partial charge in [-0.05, 0) is 35.2 Å². The molecule has 0 aromatic heterocycles. The van der Waals surface area contributed by atoms with Crippen molar-refractivity contribution in [1.29, 1.82) is 0 Å². The lowest BCUT2D eigenvalue weighted by molar-refractivity contribution is 0.473. The van der Waals surface area contributed by atoms with Crippen molar-refractivity contribution in [2.75, 3.05) is 0 Å². The van der Waals surface area contributed by atoms with E-state index >= 15 is 0 Å². The van der Waals surface area contributed by atoms with Crippen LogP contribution in [0.15, 0.2) is 48.5 Å². The minimum absolute atomic E-state index is 0.0707. The van der Waals surface area contributed by atoms with Gasteiger partial charge in [-0.1, -0.05) is 39.0 Å². The molecule has 1 nitrogen and oxygen atoms in total. The third-order valence-electron chi connectivity index (χ3n) is 2.73. The van der Waals surface area contributed by atoms with E-state index in [0.29, 0.717) is 5.75 Å². The fourth-order valence-electron chi connectivity index (χ4n) is 1.69. The van der Waals surface area contributed by atoms with E-state index in [0.717, 1.165) is 5.75 Å². The summed E-state index contributed by atoms with van der Waals surface area (Å²) >= 11 is 0. The second-order valence-electron chi connectivity index (χ2n) is 5.34. The van der Waals surface area contributed by atoms with E-state index in [2.05, 4.69) is 26.8 Å². The van der Waals surface area contributed by atoms with E-state index < -0.39 is 0 Å². The van der Waals surface area contributed by atoms with Crippen molar-refractivity contribution in [2.45, 2.75) is 26.2 Å². The number of hydrogen-bond donors (Lipinski definition) is 0. The summed E-state index contributed by atoms with van der Waals surface area (Å²) in [7, 11) is 0. The maximum absolute atomic E-state index is 13.1. The van der Waals surface area contributed by atoms with Gasteiger partial charge in [-0.3, -0.25) is 0 Å². The van der Waals surface area contributed by atoms with Crippen molar-refractivity contribution < 1.29 is 9.13 Å². The molecule has 94 valence electrons. The molecule has 0 radical (unpaired) electrons. The normalized spacial score (nSPS) is 11.3. The summed E-state index contributed by atoms with van der Waals surface area (Å²) in [6.07, 6.45) is 0. The minimum Gasteiger partial charge on any atom is -0.457 e. The summed E-state index contributed by atoms with van der Waals surface area (Å²) in [5.41, 5.74) is 1.26. The Hall–Kier alpha value is -1.83. The maximum Gasteiger partial charge on any atom is 0.130 e. The SMILES string of the molecule is CC(C)(C)c1cccc(Oc2cccc(F)c2)c1. The highest BCUT2D eigenvalue weighted by molar-refractivity contribution is 5.36. The lowest BCUT2D eigenvalue weighted by atomic mass is 9.87.